The van der Waals surface area contributed by atoms with Crippen molar-refractivity contribution < 1.29 is 9.84 Å². The van der Waals surface area contributed by atoms with E-state index in [-0.39, 0.29) is 0 Å². The third-order valence-electron chi connectivity index (χ3n) is 2.53. The highest BCUT2D eigenvalue weighted by Gasteiger charge is 2.15. The molecule has 0 heterocycles. The molecule has 0 unspecified atom stereocenters. The lowest BCUT2D eigenvalue weighted by Gasteiger charge is -2.25. The summed E-state index contributed by atoms with van der Waals surface area (Å²) < 4.78 is 5.65. The second-order valence-corrected chi connectivity index (χ2v) is 5.25. The molecule has 0 aliphatic rings. The monoisotopic (exact) mass is 252 g/mol. The molecule has 0 bridgehead atoms. The number of nitrogens with zero attached hydrogens (tertiary/aromatic N) is 1. The molecule has 1 rings (SSSR count). The second kappa shape index (κ2) is 6.73. The van der Waals surface area contributed by atoms with Crippen molar-refractivity contribution >= 4 is 0 Å². The van der Waals surface area contributed by atoms with Gasteiger partial charge >= 0.3 is 0 Å². The standard InChI is InChI=1S/C14H24N2O2/c1-14(2,17)11-16(3)7-8-18-13-6-4-5-12(9-13)10-15/h4-6,9,17H,7-8,10-11,15H2,1-3H3. The first-order valence-corrected chi connectivity index (χ1v) is 6.23. The molecule has 3 N–H and O–H groups in total. The molecule has 4 heteroatoms. The van der Waals surface area contributed by atoms with E-state index in [0.29, 0.717) is 19.7 Å². The maximum absolute atomic E-state index is 9.68. The average molecular weight is 252 g/mol. The zero-order valence-electron chi connectivity index (χ0n) is 11.5. The van der Waals surface area contributed by atoms with E-state index in [4.69, 9.17) is 10.5 Å². The number of hydrogen-bond acceptors (Lipinski definition) is 4. The highest BCUT2D eigenvalue weighted by Crippen LogP contribution is 2.12. The van der Waals surface area contributed by atoms with E-state index in [1.807, 2.05) is 36.2 Å². The van der Waals surface area contributed by atoms with E-state index >= 15 is 0 Å². The Morgan fingerprint density at radius 1 is 1.39 bits per heavy atom. The van der Waals surface area contributed by atoms with E-state index in [1.165, 1.54) is 0 Å². The lowest BCUT2D eigenvalue weighted by Crippen LogP contribution is -2.38. The van der Waals surface area contributed by atoms with E-state index in [2.05, 4.69) is 0 Å². The summed E-state index contributed by atoms with van der Waals surface area (Å²) in [6.45, 7) is 6.12. The van der Waals surface area contributed by atoms with Crippen LogP contribution in [0.25, 0.3) is 0 Å². The molecule has 0 atom stereocenters. The Hall–Kier alpha value is -1.10. The Balaban J connectivity index is 2.32. The Bertz CT molecular complexity index is 361. The van der Waals surface area contributed by atoms with Crippen LogP contribution < -0.4 is 10.5 Å². The lowest BCUT2D eigenvalue weighted by molar-refractivity contribution is 0.0411. The van der Waals surface area contributed by atoms with Crippen molar-refractivity contribution in [3.05, 3.63) is 29.8 Å². The van der Waals surface area contributed by atoms with Crippen molar-refractivity contribution in [3.63, 3.8) is 0 Å². The molecule has 1 aromatic carbocycles. The molecule has 4 nitrogen and oxygen atoms in total. The van der Waals surface area contributed by atoms with Gasteiger partial charge in [0.15, 0.2) is 0 Å². The number of ether oxygens (including phenoxy) is 1. The minimum atomic E-state index is -0.672. The van der Waals surface area contributed by atoms with Crippen LogP contribution in [0.15, 0.2) is 24.3 Å². The fraction of sp³-hybridized carbons (Fsp3) is 0.571. The SMILES string of the molecule is CN(CCOc1cccc(CN)c1)CC(C)(C)O. The summed E-state index contributed by atoms with van der Waals surface area (Å²) in [6.07, 6.45) is 0. The largest absolute Gasteiger partial charge is 0.492 e. The highest BCUT2D eigenvalue weighted by atomic mass is 16.5. The van der Waals surface area contributed by atoms with Crippen LogP contribution in [0.1, 0.15) is 19.4 Å². The number of nitrogens with two attached hydrogens (primary N) is 1. The maximum atomic E-state index is 9.68. The summed E-state index contributed by atoms with van der Waals surface area (Å²) >= 11 is 0. The van der Waals surface area contributed by atoms with Crippen molar-refractivity contribution in [2.75, 3.05) is 26.7 Å². The van der Waals surface area contributed by atoms with Gasteiger partial charge in [-0.2, -0.15) is 0 Å². The first kappa shape index (κ1) is 15.0. The van der Waals surface area contributed by atoms with Gasteiger partial charge in [-0.1, -0.05) is 12.1 Å². The van der Waals surface area contributed by atoms with Gasteiger partial charge in [0.25, 0.3) is 0 Å². The molecule has 0 amide bonds. The van der Waals surface area contributed by atoms with Crippen LogP contribution in [-0.2, 0) is 6.54 Å². The predicted octanol–water partition coefficient (Wildman–Crippen LogP) is 1.23. The van der Waals surface area contributed by atoms with E-state index in [0.717, 1.165) is 17.9 Å². The smallest absolute Gasteiger partial charge is 0.119 e. The van der Waals surface area contributed by atoms with Gasteiger partial charge in [-0.3, -0.25) is 0 Å². The number of aliphatic hydroxyl groups is 1. The van der Waals surface area contributed by atoms with E-state index < -0.39 is 5.60 Å². The van der Waals surface area contributed by atoms with E-state index in [1.54, 1.807) is 13.8 Å². The van der Waals surface area contributed by atoms with Crippen molar-refractivity contribution in [1.29, 1.82) is 0 Å². The molecule has 18 heavy (non-hydrogen) atoms. The molecule has 0 saturated heterocycles. The van der Waals surface area contributed by atoms with Gasteiger partial charge in [-0.25, -0.2) is 0 Å². The Morgan fingerprint density at radius 2 is 2.11 bits per heavy atom. The quantitative estimate of drug-likeness (QED) is 0.766. The zero-order valence-corrected chi connectivity index (χ0v) is 11.5. The third-order valence-corrected chi connectivity index (χ3v) is 2.53. The molecule has 0 saturated carbocycles. The molecule has 0 radical (unpaired) electrons. The molecule has 1 aromatic rings. The molecular weight excluding hydrogens is 228 g/mol. The summed E-state index contributed by atoms with van der Waals surface area (Å²) in [5, 5.41) is 9.68. The van der Waals surface area contributed by atoms with Gasteiger partial charge in [0.1, 0.15) is 12.4 Å². The van der Waals surface area contributed by atoms with Crippen LogP contribution in [0.3, 0.4) is 0 Å². The Morgan fingerprint density at radius 3 is 2.72 bits per heavy atom. The highest BCUT2D eigenvalue weighted by molar-refractivity contribution is 5.28. The number of hydrogen-bond donors (Lipinski definition) is 2. The summed E-state index contributed by atoms with van der Waals surface area (Å²) in [7, 11) is 1.97. The fourth-order valence-electron chi connectivity index (χ4n) is 1.82. The summed E-state index contributed by atoms with van der Waals surface area (Å²) in [5.41, 5.74) is 5.97. The minimum absolute atomic E-state index is 0.524. The number of likely N-dealkylation sites (N-methyl/N-ethyl adjacent to an activating group) is 1. The molecule has 0 aliphatic heterocycles. The van der Waals surface area contributed by atoms with Crippen LogP contribution in [0, 0.1) is 0 Å². The van der Waals surface area contributed by atoms with Crippen LogP contribution >= 0.6 is 0 Å². The van der Waals surface area contributed by atoms with Gasteiger partial charge in [-0.15, -0.1) is 0 Å². The molecule has 0 fully saturated rings. The first-order valence-electron chi connectivity index (χ1n) is 6.23. The number of benzene rings is 1. The van der Waals surface area contributed by atoms with E-state index in [9.17, 15) is 5.11 Å². The van der Waals surface area contributed by atoms with Crippen molar-refractivity contribution in [3.8, 4) is 5.75 Å². The van der Waals surface area contributed by atoms with Crippen molar-refractivity contribution in [1.82, 2.24) is 4.90 Å². The summed E-state index contributed by atoms with van der Waals surface area (Å²) in [5.74, 6) is 0.842. The number of rotatable bonds is 7. The second-order valence-electron chi connectivity index (χ2n) is 5.25. The van der Waals surface area contributed by atoms with Crippen LogP contribution in [0.4, 0.5) is 0 Å². The zero-order chi connectivity index (χ0) is 13.6. The Kier molecular flexibility index (Phi) is 5.59. The Labute approximate surface area is 109 Å². The minimum Gasteiger partial charge on any atom is -0.492 e. The van der Waals surface area contributed by atoms with Crippen molar-refractivity contribution in [2.45, 2.75) is 26.0 Å². The summed E-state index contributed by atoms with van der Waals surface area (Å²) in [4.78, 5) is 2.05. The van der Waals surface area contributed by atoms with Gasteiger partial charge in [0, 0.05) is 19.6 Å². The lowest BCUT2D eigenvalue weighted by atomic mass is 10.1. The topological polar surface area (TPSA) is 58.7 Å². The summed E-state index contributed by atoms with van der Waals surface area (Å²) in [6, 6.07) is 7.80. The fourth-order valence-corrected chi connectivity index (χ4v) is 1.82. The van der Waals surface area contributed by atoms with Crippen molar-refractivity contribution in [2.24, 2.45) is 5.73 Å². The third kappa shape index (κ3) is 6.00. The average Bonchev–Trinajstić information content (AvgIpc) is 2.27. The molecule has 0 aliphatic carbocycles. The van der Waals surface area contributed by atoms with Gasteiger partial charge in [-0.05, 0) is 38.6 Å². The molecule has 102 valence electrons. The van der Waals surface area contributed by atoms with Crippen LogP contribution in [0.2, 0.25) is 0 Å². The normalized spacial score (nSPS) is 11.9. The van der Waals surface area contributed by atoms with Gasteiger partial charge in [0.2, 0.25) is 0 Å². The molecular formula is C14H24N2O2. The van der Waals surface area contributed by atoms with Gasteiger partial charge in [0.05, 0.1) is 5.60 Å². The van der Waals surface area contributed by atoms with Crippen LogP contribution in [0.5, 0.6) is 5.75 Å². The molecule has 0 aromatic heterocycles. The maximum Gasteiger partial charge on any atom is 0.119 e. The van der Waals surface area contributed by atoms with Gasteiger partial charge < -0.3 is 20.5 Å². The predicted molar refractivity (Wildman–Crippen MR) is 73.6 cm³/mol. The van der Waals surface area contributed by atoms with Crippen LogP contribution in [-0.4, -0.2) is 42.4 Å². The first-order chi connectivity index (χ1) is 8.40. The molecule has 0 spiro atoms.